The van der Waals surface area contributed by atoms with Crippen molar-refractivity contribution < 1.29 is 4.74 Å². The maximum atomic E-state index is 5.58. The van der Waals surface area contributed by atoms with Gasteiger partial charge >= 0.3 is 0 Å². The SMILES string of the molecule is CCCCCCC#Cc1ccc(C#Cc2ccc(OCCC)cc2)cc1. The lowest BCUT2D eigenvalue weighted by Crippen LogP contribution is -1.94. The summed E-state index contributed by atoms with van der Waals surface area (Å²) >= 11 is 0. The van der Waals surface area contributed by atoms with Gasteiger partial charge in [-0.25, -0.2) is 0 Å². The van der Waals surface area contributed by atoms with Gasteiger partial charge in [-0.3, -0.25) is 0 Å². The van der Waals surface area contributed by atoms with E-state index in [4.69, 9.17) is 4.74 Å². The van der Waals surface area contributed by atoms with Crippen molar-refractivity contribution in [2.24, 2.45) is 0 Å². The first-order valence-corrected chi connectivity index (χ1v) is 9.65. The number of hydrogen-bond acceptors (Lipinski definition) is 1. The largest absolute Gasteiger partial charge is 0.494 e. The molecule has 0 heterocycles. The maximum absolute atomic E-state index is 5.58. The van der Waals surface area contributed by atoms with Crippen LogP contribution >= 0.6 is 0 Å². The normalized spacial score (nSPS) is 9.62. The number of benzene rings is 2. The number of ether oxygens (including phenoxy) is 1. The number of rotatable bonds is 7. The Morgan fingerprint density at radius 2 is 1.23 bits per heavy atom. The van der Waals surface area contributed by atoms with Crippen LogP contribution in [0.1, 0.15) is 69.1 Å². The predicted octanol–water partition coefficient (Wildman–Crippen LogP) is 6.20. The average Bonchev–Trinajstić information content (AvgIpc) is 2.69. The molecule has 0 aromatic heterocycles. The first kappa shape index (κ1) is 19.7. The molecule has 0 N–H and O–H groups in total. The lowest BCUT2D eigenvalue weighted by molar-refractivity contribution is 0.317. The fraction of sp³-hybridized carbons (Fsp3) is 0.360. The number of unbranched alkanes of at least 4 members (excludes halogenated alkanes) is 4. The lowest BCUT2D eigenvalue weighted by atomic mass is 10.1. The first-order valence-electron chi connectivity index (χ1n) is 9.65. The summed E-state index contributed by atoms with van der Waals surface area (Å²) in [4.78, 5) is 0. The summed E-state index contributed by atoms with van der Waals surface area (Å²) in [6, 6.07) is 16.1. The summed E-state index contributed by atoms with van der Waals surface area (Å²) in [5.74, 6) is 13.8. The van der Waals surface area contributed by atoms with Crippen molar-refractivity contribution in [2.45, 2.75) is 52.4 Å². The molecule has 0 saturated heterocycles. The molecule has 0 aliphatic carbocycles. The molecule has 2 aromatic rings. The van der Waals surface area contributed by atoms with Gasteiger partial charge in [-0.1, -0.05) is 56.8 Å². The summed E-state index contributed by atoms with van der Waals surface area (Å²) in [7, 11) is 0. The van der Waals surface area contributed by atoms with Crippen LogP contribution in [0, 0.1) is 23.7 Å². The standard InChI is InChI=1S/C25H28O/c1-3-5-6-7-8-9-10-22-11-13-23(14-12-22)15-16-24-17-19-25(20-18-24)26-21-4-2/h11-14,17-20H,3-8,21H2,1-2H3. The second-order valence-electron chi connectivity index (χ2n) is 6.31. The average molecular weight is 344 g/mol. The first-order chi connectivity index (χ1) is 12.8. The highest BCUT2D eigenvalue weighted by Crippen LogP contribution is 2.12. The smallest absolute Gasteiger partial charge is 0.119 e. The van der Waals surface area contributed by atoms with E-state index in [0.29, 0.717) is 0 Å². The molecule has 0 spiro atoms. The Balaban J connectivity index is 1.87. The van der Waals surface area contributed by atoms with E-state index in [-0.39, 0.29) is 0 Å². The molecule has 0 saturated carbocycles. The molecule has 134 valence electrons. The predicted molar refractivity (Wildman–Crippen MR) is 110 cm³/mol. The zero-order chi connectivity index (χ0) is 18.5. The molecule has 1 heteroatoms. The minimum absolute atomic E-state index is 0.749. The van der Waals surface area contributed by atoms with Crippen molar-refractivity contribution in [2.75, 3.05) is 6.61 Å². The van der Waals surface area contributed by atoms with Gasteiger partial charge < -0.3 is 4.74 Å². The zero-order valence-corrected chi connectivity index (χ0v) is 16.0. The van der Waals surface area contributed by atoms with Gasteiger partial charge in [0.25, 0.3) is 0 Å². The molecular formula is C25H28O. The highest BCUT2D eigenvalue weighted by atomic mass is 16.5. The summed E-state index contributed by atoms with van der Waals surface area (Å²) in [5.41, 5.74) is 3.05. The summed E-state index contributed by atoms with van der Waals surface area (Å²) in [6.45, 7) is 5.08. The van der Waals surface area contributed by atoms with E-state index in [9.17, 15) is 0 Å². The van der Waals surface area contributed by atoms with E-state index in [1.54, 1.807) is 0 Å². The van der Waals surface area contributed by atoms with E-state index < -0.39 is 0 Å². The minimum Gasteiger partial charge on any atom is -0.494 e. The van der Waals surface area contributed by atoms with E-state index >= 15 is 0 Å². The lowest BCUT2D eigenvalue weighted by Gasteiger charge is -2.03. The monoisotopic (exact) mass is 344 g/mol. The Kier molecular flexibility index (Phi) is 8.96. The highest BCUT2D eigenvalue weighted by molar-refractivity contribution is 5.46. The van der Waals surface area contributed by atoms with E-state index in [0.717, 1.165) is 41.9 Å². The molecule has 0 aliphatic heterocycles. The fourth-order valence-corrected chi connectivity index (χ4v) is 2.44. The van der Waals surface area contributed by atoms with Gasteiger partial charge in [0.2, 0.25) is 0 Å². The van der Waals surface area contributed by atoms with Crippen molar-refractivity contribution in [1.29, 1.82) is 0 Å². The Morgan fingerprint density at radius 3 is 1.81 bits per heavy atom. The van der Waals surface area contributed by atoms with Crippen LogP contribution in [0.4, 0.5) is 0 Å². The summed E-state index contributed by atoms with van der Waals surface area (Å²) in [6.07, 6.45) is 7.06. The molecule has 1 nitrogen and oxygen atoms in total. The van der Waals surface area contributed by atoms with Crippen LogP contribution in [0.5, 0.6) is 5.75 Å². The third-order valence-corrected chi connectivity index (χ3v) is 3.95. The molecule has 0 aliphatic rings. The molecule has 2 rings (SSSR count). The Bertz CT molecular complexity index is 761. The van der Waals surface area contributed by atoms with Crippen LogP contribution in [-0.4, -0.2) is 6.61 Å². The molecule has 0 atom stereocenters. The topological polar surface area (TPSA) is 9.23 Å². The van der Waals surface area contributed by atoms with Crippen LogP contribution in [0.3, 0.4) is 0 Å². The van der Waals surface area contributed by atoms with Gasteiger partial charge in [-0.05, 0) is 61.4 Å². The van der Waals surface area contributed by atoms with E-state index in [1.807, 2.05) is 48.5 Å². The van der Waals surface area contributed by atoms with Crippen molar-refractivity contribution in [1.82, 2.24) is 0 Å². The molecule has 2 aromatic carbocycles. The molecule has 0 bridgehead atoms. The fourth-order valence-electron chi connectivity index (χ4n) is 2.44. The van der Waals surface area contributed by atoms with Crippen LogP contribution in [0.2, 0.25) is 0 Å². The van der Waals surface area contributed by atoms with Crippen molar-refractivity contribution in [3.05, 3.63) is 65.2 Å². The van der Waals surface area contributed by atoms with Crippen LogP contribution in [0.15, 0.2) is 48.5 Å². The quantitative estimate of drug-likeness (QED) is 0.429. The molecule has 0 radical (unpaired) electrons. The Morgan fingerprint density at radius 1 is 0.654 bits per heavy atom. The van der Waals surface area contributed by atoms with Crippen LogP contribution in [0.25, 0.3) is 0 Å². The second-order valence-corrected chi connectivity index (χ2v) is 6.31. The molecular weight excluding hydrogens is 316 g/mol. The second kappa shape index (κ2) is 11.8. The summed E-state index contributed by atoms with van der Waals surface area (Å²) in [5, 5.41) is 0. The van der Waals surface area contributed by atoms with E-state index in [2.05, 4.69) is 37.5 Å². The van der Waals surface area contributed by atoms with Gasteiger partial charge in [0.05, 0.1) is 6.61 Å². The van der Waals surface area contributed by atoms with Crippen molar-refractivity contribution >= 4 is 0 Å². The number of hydrogen-bond donors (Lipinski definition) is 0. The van der Waals surface area contributed by atoms with Gasteiger partial charge in [0.15, 0.2) is 0 Å². The van der Waals surface area contributed by atoms with Gasteiger partial charge in [0.1, 0.15) is 5.75 Å². The van der Waals surface area contributed by atoms with Crippen LogP contribution < -0.4 is 4.74 Å². The third-order valence-electron chi connectivity index (χ3n) is 3.95. The van der Waals surface area contributed by atoms with Gasteiger partial charge in [-0.2, -0.15) is 0 Å². The molecule has 0 fully saturated rings. The zero-order valence-electron chi connectivity index (χ0n) is 16.0. The minimum atomic E-state index is 0.749. The Labute approximate surface area is 158 Å². The Hall–Kier alpha value is -2.64. The van der Waals surface area contributed by atoms with Crippen molar-refractivity contribution in [3.63, 3.8) is 0 Å². The molecule has 26 heavy (non-hydrogen) atoms. The van der Waals surface area contributed by atoms with Gasteiger partial charge in [-0.15, -0.1) is 0 Å². The third kappa shape index (κ3) is 7.50. The molecule has 0 amide bonds. The van der Waals surface area contributed by atoms with E-state index in [1.165, 1.54) is 25.7 Å². The highest BCUT2D eigenvalue weighted by Gasteiger charge is 1.93. The van der Waals surface area contributed by atoms with Crippen molar-refractivity contribution in [3.8, 4) is 29.4 Å². The molecule has 0 unspecified atom stereocenters. The van der Waals surface area contributed by atoms with Gasteiger partial charge in [0, 0.05) is 23.1 Å². The summed E-state index contributed by atoms with van der Waals surface area (Å²) < 4.78 is 5.58. The van der Waals surface area contributed by atoms with Crippen LogP contribution in [-0.2, 0) is 0 Å². The maximum Gasteiger partial charge on any atom is 0.119 e.